The lowest BCUT2D eigenvalue weighted by Crippen LogP contribution is -2.39. The number of nitrogens with zero attached hydrogens (tertiary/aromatic N) is 2. The van der Waals surface area contributed by atoms with Crippen molar-refractivity contribution in [1.82, 2.24) is 0 Å². The van der Waals surface area contributed by atoms with Gasteiger partial charge in [0.1, 0.15) is 0 Å². The number of fused-ring (bicyclic) bond motifs is 13. The van der Waals surface area contributed by atoms with Crippen molar-refractivity contribution in [2.24, 2.45) is 5.92 Å². The van der Waals surface area contributed by atoms with Crippen LogP contribution in [0.15, 0.2) is 243 Å². The Balaban J connectivity index is 0.937. The van der Waals surface area contributed by atoms with Gasteiger partial charge < -0.3 is 9.80 Å². The van der Waals surface area contributed by atoms with Crippen LogP contribution in [0.3, 0.4) is 0 Å². The highest BCUT2D eigenvalue weighted by molar-refractivity contribution is 5.90. The summed E-state index contributed by atoms with van der Waals surface area (Å²) in [5.41, 5.74) is 20.0. The second kappa shape index (κ2) is 14.2. The summed E-state index contributed by atoms with van der Waals surface area (Å²) in [6.07, 6.45) is 16.7. The quantitative estimate of drug-likeness (QED) is 0.165. The average molecular weight is 819 g/mol. The molecule has 304 valence electrons. The van der Waals surface area contributed by atoms with Crippen molar-refractivity contribution in [1.29, 1.82) is 0 Å². The summed E-state index contributed by atoms with van der Waals surface area (Å²) < 4.78 is 0. The van der Waals surface area contributed by atoms with Gasteiger partial charge in [0.05, 0.1) is 11.5 Å². The molecule has 64 heavy (non-hydrogen) atoms. The highest BCUT2D eigenvalue weighted by Crippen LogP contribution is 2.65. The molecule has 2 nitrogen and oxygen atoms in total. The summed E-state index contributed by atoms with van der Waals surface area (Å²) >= 11 is 0. The number of hydrogen-bond acceptors (Lipinski definition) is 2. The zero-order chi connectivity index (χ0) is 42.4. The zero-order valence-corrected chi connectivity index (χ0v) is 35.7. The highest BCUT2D eigenvalue weighted by Gasteiger charge is 2.57. The summed E-state index contributed by atoms with van der Waals surface area (Å²) in [4.78, 5) is 4.96. The van der Waals surface area contributed by atoms with E-state index < -0.39 is 0 Å². The first-order valence-electron chi connectivity index (χ1n) is 22.7. The molecule has 0 fully saturated rings. The maximum Gasteiger partial charge on any atom is 0.0655 e. The number of para-hydroxylation sites is 2. The second-order valence-corrected chi connectivity index (χ2v) is 18.2. The van der Waals surface area contributed by atoms with E-state index in [-0.39, 0.29) is 22.8 Å². The van der Waals surface area contributed by atoms with Gasteiger partial charge in [-0.2, -0.15) is 0 Å². The molecule has 0 aromatic heterocycles. The Morgan fingerprint density at radius 2 is 1.06 bits per heavy atom. The lowest BCUT2D eigenvalue weighted by atomic mass is 9.65. The third-order valence-electron chi connectivity index (χ3n) is 15.0. The predicted octanol–water partition coefficient (Wildman–Crippen LogP) is 15.4. The predicted molar refractivity (Wildman–Crippen MR) is 266 cm³/mol. The molecule has 5 aliphatic rings. The van der Waals surface area contributed by atoms with Crippen molar-refractivity contribution in [2.75, 3.05) is 9.80 Å². The van der Waals surface area contributed by atoms with Crippen molar-refractivity contribution >= 4 is 34.0 Å². The Morgan fingerprint density at radius 1 is 0.469 bits per heavy atom. The maximum absolute atomic E-state index is 2.52. The lowest BCUT2D eigenvalue weighted by Gasteiger charge is -2.37. The van der Waals surface area contributed by atoms with E-state index in [9.17, 15) is 0 Å². The normalized spacial score (nSPS) is 22.6. The molecule has 0 amide bonds. The monoisotopic (exact) mass is 818 g/mol. The van der Waals surface area contributed by atoms with E-state index in [1.807, 2.05) is 0 Å². The van der Waals surface area contributed by atoms with Gasteiger partial charge in [0.15, 0.2) is 0 Å². The number of anilines is 5. The third-order valence-corrected chi connectivity index (χ3v) is 15.0. The second-order valence-electron chi connectivity index (χ2n) is 18.2. The van der Waals surface area contributed by atoms with E-state index in [2.05, 4.69) is 259 Å². The van der Waals surface area contributed by atoms with Crippen LogP contribution in [-0.2, 0) is 10.8 Å². The van der Waals surface area contributed by atoms with E-state index in [0.717, 1.165) is 17.1 Å². The molecule has 5 unspecified atom stereocenters. The summed E-state index contributed by atoms with van der Waals surface area (Å²) in [6.45, 7) is 2.40. The highest BCUT2D eigenvalue weighted by atomic mass is 15.2. The molecular formula is C62H46N2. The zero-order valence-electron chi connectivity index (χ0n) is 35.7. The van der Waals surface area contributed by atoms with Crippen molar-refractivity contribution in [3.63, 3.8) is 0 Å². The molecule has 0 saturated carbocycles. The molecule has 0 radical (unpaired) electrons. The first-order valence-corrected chi connectivity index (χ1v) is 22.7. The molecule has 1 aliphatic heterocycles. The van der Waals surface area contributed by atoms with Gasteiger partial charge in [-0.1, -0.05) is 188 Å². The first kappa shape index (κ1) is 36.9. The topological polar surface area (TPSA) is 6.48 Å². The summed E-state index contributed by atoms with van der Waals surface area (Å²) in [5, 5.41) is 0. The molecule has 0 N–H and O–H groups in total. The SMILES string of the molecule is CC12C=C(c3ccc(N(c4ccc(-c5ccccc5)cc4)c4ccc5c(c4)C4(c6ccccc6-5)c5ccccc5C5C=CC=CC54)cc3)C=CC1N(c1ccccc1)c1ccccc12. The smallest absolute Gasteiger partial charge is 0.0655 e. The van der Waals surface area contributed by atoms with Gasteiger partial charge in [-0.3, -0.25) is 0 Å². The van der Waals surface area contributed by atoms with Gasteiger partial charge in [-0.15, -0.1) is 0 Å². The fourth-order valence-corrected chi connectivity index (χ4v) is 12.2. The van der Waals surface area contributed by atoms with Gasteiger partial charge in [-0.05, 0) is 123 Å². The summed E-state index contributed by atoms with van der Waals surface area (Å²) in [7, 11) is 0. The van der Waals surface area contributed by atoms with E-state index in [4.69, 9.17) is 0 Å². The molecule has 0 saturated heterocycles. The minimum atomic E-state index is -0.306. The average Bonchev–Trinajstić information content (AvgIpc) is 3.94. The molecule has 1 spiro atoms. The molecule has 2 heteroatoms. The van der Waals surface area contributed by atoms with E-state index >= 15 is 0 Å². The van der Waals surface area contributed by atoms with Crippen LogP contribution in [0.4, 0.5) is 28.4 Å². The van der Waals surface area contributed by atoms with Crippen molar-refractivity contribution < 1.29 is 0 Å². The molecule has 1 heterocycles. The fraction of sp³-hybridized carbons (Fsp3) is 0.0968. The Kier molecular flexibility index (Phi) is 8.18. The van der Waals surface area contributed by atoms with Gasteiger partial charge in [-0.25, -0.2) is 0 Å². The molecule has 5 atom stereocenters. The van der Waals surface area contributed by atoms with Gasteiger partial charge >= 0.3 is 0 Å². The van der Waals surface area contributed by atoms with Crippen LogP contribution in [0, 0.1) is 5.92 Å². The number of rotatable bonds is 6. The van der Waals surface area contributed by atoms with Crippen LogP contribution < -0.4 is 9.80 Å². The number of allylic oxidation sites excluding steroid dienone is 6. The van der Waals surface area contributed by atoms with E-state index in [1.54, 1.807) is 0 Å². The van der Waals surface area contributed by atoms with Crippen molar-refractivity contribution in [2.45, 2.75) is 29.7 Å². The Morgan fingerprint density at radius 3 is 1.84 bits per heavy atom. The van der Waals surface area contributed by atoms with Crippen LogP contribution in [0.1, 0.15) is 46.2 Å². The van der Waals surface area contributed by atoms with Crippen LogP contribution in [0.25, 0.3) is 27.8 Å². The Bertz CT molecular complexity index is 3250. The van der Waals surface area contributed by atoms with Crippen LogP contribution >= 0.6 is 0 Å². The molecule has 8 aromatic rings. The van der Waals surface area contributed by atoms with Gasteiger partial charge in [0.25, 0.3) is 0 Å². The largest absolute Gasteiger partial charge is 0.333 e. The van der Waals surface area contributed by atoms with E-state index in [0.29, 0.717) is 5.92 Å². The van der Waals surface area contributed by atoms with Gasteiger partial charge in [0.2, 0.25) is 0 Å². The van der Waals surface area contributed by atoms with Crippen LogP contribution in [0.5, 0.6) is 0 Å². The number of hydrogen-bond donors (Lipinski definition) is 0. The van der Waals surface area contributed by atoms with Crippen molar-refractivity contribution in [3.05, 3.63) is 276 Å². The molecular weight excluding hydrogens is 773 g/mol. The molecule has 8 aromatic carbocycles. The minimum Gasteiger partial charge on any atom is -0.333 e. The Labute approximate surface area is 376 Å². The minimum absolute atomic E-state index is 0.182. The summed E-state index contributed by atoms with van der Waals surface area (Å²) in [5.74, 6) is 0.591. The van der Waals surface area contributed by atoms with Gasteiger partial charge in [0, 0.05) is 45.7 Å². The van der Waals surface area contributed by atoms with Crippen LogP contribution in [-0.4, -0.2) is 6.04 Å². The first-order chi connectivity index (χ1) is 31.6. The lowest BCUT2D eigenvalue weighted by molar-refractivity contribution is 0.465. The summed E-state index contributed by atoms with van der Waals surface area (Å²) in [6, 6.07) is 74.6. The Hall–Kier alpha value is -7.68. The standard InChI is InChI=1S/C62H46N2/c1-61-41-45(32-39-60(61)64(46-18-6-3-7-19-46)59-27-15-14-26-57(59)61)44-30-35-48(36-31-44)63(47-33-28-43(29-34-47)42-16-4-2-5-17-42)49-37-38-53-52-22-10-13-25-56(52)62(58(53)40-49)54-23-11-8-20-50(54)51-21-9-12-24-55(51)62/h2-41,50,54,60H,1H3. The third kappa shape index (κ3) is 5.26. The van der Waals surface area contributed by atoms with Crippen LogP contribution in [0.2, 0.25) is 0 Å². The van der Waals surface area contributed by atoms with E-state index in [1.165, 1.54) is 72.6 Å². The molecule has 4 aliphatic carbocycles. The fourth-order valence-electron chi connectivity index (χ4n) is 12.2. The maximum atomic E-state index is 2.52. The molecule has 0 bridgehead atoms. The molecule has 13 rings (SSSR count). The van der Waals surface area contributed by atoms with Crippen molar-refractivity contribution in [3.8, 4) is 22.3 Å². The number of benzene rings is 8.